The van der Waals surface area contributed by atoms with Gasteiger partial charge in [0.25, 0.3) is 5.91 Å². The maximum Gasteiger partial charge on any atom is 0.251 e. The number of carbonyl (C=O) groups is 3. The van der Waals surface area contributed by atoms with Gasteiger partial charge in [0.05, 0.1) is 10.9 Å². The van der Waals surface area contributed by atoms with E-state index in [1.807, 2.05) is 30.3 Å². The quantitative estimate of drug-likeness (QED) is 0.625. The van der Waals surface area contributed by atoms with E-state index in [4.69, 9.17) is 0 Å². The molecule has 0 spiro atoms. The van der Waals surface area contributed by atoms with E-state index in [9.17, 15) is 22.8 Å². The normalized spacial score (nSPS) is 17.9. The number of benzene rings is 2. The molecular formula is C25H30N4O5S. The monoisotopic (exact) mass is 498 g/mol. The van der Waals surface area contributed by atoms with Crippen LogP contribution in [-0.4, -0.2) is 79.5 Å². The molecule has 4 rings (SSSR count). The zero-order chi connectivity index (χ0) is 25.0. The van der Waals surface area contributed by atoms with Gasteiger partial charge in [-0.2, -0.15) is 4.31 Å². The lowest BCUT2D eigenvalue weighted by molar-refractivity contribution is -0.130. The number of hydrogen-bond donors (Lipinski definition) is 1. The second-order valence-electron chi connectivity index (χ2n) is 8.81. The highest BCUT2D eigenvalue weighted by Crippen LogP contribution is 2.21. The molecule has 1 N–H and O–H groups in total. The number of piperazine rings is 1. The van der Waals surface area contributed by atoms with Crippen molar-refractivity contribution in [3.8, 4) is 0 Å². The van der Waals surface area contributed by atoms with E-state index in [-0.39, 0.29) is 41.7 Å². The van der Waals surface area contributed by atoms with Crippen molar-refractivity contribution in [2.75, 3.05) is 39.3 Å². The Labute approximate surface area is 205 Å². The molecule has 0 saturated carbocycles. The molecule has 0 bridgehead atoms. The maximum atomic E-state index is 13.0. The van der Waals surface area contributed by atoms with Gasteiger partial charge in [-0.05, 0) is 36.2 Å². The maximum absolute atomic E-state index is 13.0. The molecule has 35 heavy (non-hydrogen) atoms. The smallest absolute Gasteiger partial charge is 0.251 e. The number of carbonyl (C=O) groups excluding carboxylic acids is 3. The first-order valence-corrected chi connectivity index (χ1v) is 13.2. The van der Waals surface area contributed by atoms with Crippen LogP contribution in [0.1, 0.15) is 41.7 Å². The van der Waals surface area contributed by atoms with Crippen LogP contribution in [0.25, 0.3) is 0 Å². The van der Waals surface area contributed by atoms with Gasteiger partial charge in [-0.25, -0.2) is 8.42 Å². The number of rotatable bonds is 7. The number of sulfonamides is 1. The van der Waals surface area contributed by atoms with Crippen LogP contribution >= 0.6 is 0 Å². The van der Waals surface area contributed by atoms with Gasteiger partial charge < -0.3 is 15.1 Å². The van der Waals surface area contributed by atoms with Crippen molar-refractivity contribution in [1.82, 2.24) is 19.4 Å². The molecule has 2 heterocycles. The zero-order valence-corrected chi connectivity index (χ0v) is 20.5. The Morgan fingerprint density at radius 2 is 1.60 bits per heavy atom. The van der Waals surface area contributed by atoms with Crippen LogP contribution in [-0.2, 0) is 19.6 Å². The number of amides is 3. The molecule has 3 amide bonds. The largest absolute Gasteiger partial charge is 0.343 e. The van der Waals surface area contributed by atoms with E-state index < -0.39 is 10.0 Å². The van der Waals surface area contributed by atoms with Gasteiger partial charge in [0, 0.05) is 58.2 Å². The summed E-state index contributed by atoms with van der Waals surface area (Å²) < 4.78 is 27.4. The first-order chi connectivity index (χ1) is 16.8. The van der Waals surface area contributed by atoms with Crippen LogP contribution in [0.5, 0.6) is 0 Å². The molecule has 186 valence electrons. The van der Waals surface area contributed by atoms with Crippen molar-refractivity contribution in [3.05, 3.63) is 65.7 Å². The zero-order valence-electron chi connectivity index (χ0n) is 19.7. The number of hydrogen-bond acceptors (Lipinski definition) is 5. The summed E-state index contributed by atoms with van der Waals surface area (Å²) in [7, 11) is -3.72. The summed E-state index contributed by atoms with van der Waals surface area (Å²) in [5.41, 5.74) is 1.23. The van der Waals surface area contributed by atoms with Crippen LogP contribution in [0.3, 0.4) is 0 Å². The minimum atomic E-state index is -3.72. The van der Waals surface area contributed by atoms with E-state index in [2.05, 4.69) is 5.32 Å². The lowest BCUT2D eigenvalue weighted by atomic mass is 10.1. The molecule has 1 unspecified atom stereocenters. The van der Waals surface area contributed by atoms with E-state index in [1.165, 1.54) is 35.5 Å². The van der Waals surface area contributed by atoms with Crippen LogP contribution in [0, 0.1) is 0 Å². The van der Waals surface area contributed by atoms with Crippen molar-refractivity contribution in [2.45, 2.75) is 30.7 Å². The summed E-state index contributed by atoms with van der Waals surface area (Å²) in [6, 6.07) is 15.0. The predicted molar refractivity (Wildman–Crippen MR) is 130 cm³/mol. The molecule has 2 fully saturated rings. The Morgan fingerprint density at radius 3 is 2.17 bits per heavy atom. The number of likely N-dealkylation sites (tertiary alicyclic amines) is 1. The molecule has 1 atom stereocenters. The third-order valence-corrected chi connectivity index (χ3v) is 8.43. The molecule has 2 aromatic rings. The SMILES string of the molecule is CC(=O)N1CCN(S(=O)(=O)c2ccc(C(=O)NC(CN3CCCC3=O)c3ccccc3)cc2)CC1. The fraction of sp³-hybridized carbons (Fsp3) is 0.400. The summed E-state index contributed by atoms with van der Waals surface area (Å²) in [5.74, 6) is -0.330. The first-order valence-electron chi connectivity index (χ1n) is 11.7. The highest BCUT2D eigenvalue weighted by Gasteiger charge is 2.30. The van der Waals surface area contributed by atoms with Gasteiger partial charge in [-0.3, -0.25) is 14.4 Å². The third-order valence-electron chi connectivity index (χ3n) is 6.52. The molecule has 2 aliphatic heterocycles. The van der Waals surface area contributed by atoms with Crippen LogP contribution < -0.4 is 5.32 Å². The molecule has 2 aliphatic rings. The lowest BCUT2D eigenvalue weighted by Gasteiger charge is -2.33. The minimum Gasteiger partial charge on any atom is -0.343 e. The predicted octanol–water partition coefficient (Wildman–Crippen LogP) is 1.63. The average molecular weight is 499 g/mol. The number of nitrogens with one attached hydrogen (secondary N) is 1. The van der Waals surface area contributed by atoms with Crippen LogP contribution in [0.2, 0.25) is 0 Å². The highest BCUT2D eigenvalue weighted by atomic mass is 32.2. The fourth-order valence-corrected chi connectivity index (χ4v) is 5.87. The molecule has 2 aromatic carbocycles. The van der Waals surface area contributed by atoms with Crippen molar-refractivity contribution in [3.63, 3.8) is 0 Å². The molecule has 10 heteroatoms. The second-order valence-corrected chi connectivity index (χ2v) is 10.8. The van der Waals surface area contributed by atoms with Gasteiger partial charge in [0.1, 0.15) is 0 Å². The highest BCUT2D eigenvalue weighted by molar-refractivity contribution is 7.89. The summed E-state index contributed by atoms with van der Waals surface area (Å²) in [5, 5.41) is 3.00. The van der Waals surface area contributed by atoms with Crippen molar-refractivity contribution >= 4 is 27.7 Å². The molecule has 0 aromatic heterocycles. The topological polar surface area (TPSA) is 107 Å². The van der Waals surface area contributed by atoms with E-state index in [0.29, 0.717) is 38.2 Å². The van der Waals surface area contributed by atoms with Gasteiger partial charge in [0.2, 0.25) is 21.8 Å². The van der Waals surface area contributed by atoms with Gasteiger partial charge in [0.15, 0.2) is 0 Å². The van der Waals surface area contributed by atoms with E-state index in [1.54, 1.807) is 9.80 Å². The van der Waals surface area contributed by atoms with Crippen LogP contribution in [0.15, 0.2) is 59.5 Å². The second kappa shape index (κ2) is 10.6. The fourth-order valence-electron chi connectivity index (χ4n) is 4.45. The van der Waals surface area contributed by atoms with Crippen molar-refractivity contribution in [2.24, 2.45) is 0 Å². The van der Waals surface area contributed by atoms with Crippen molar-refractivity contribution in [1.29, 1.82) is 0 Å². The van der Waals surface area contributed by atoms with Crippen LogP contribution in [0.4, 0.5) is 0 Å². The van der Waals surface area contributed by atoms with Gasteiger partial charge in [-0.15, -0.1) is 0 Å². The summed E-state index contributed by atoms with van der Waals surface area (Å²) in [6.45, 7) is 3.71. The van der Waals surface area contributed by atoms with Crippen molar-refractivity contribution < 1.29 is 22.8 Å². The molecular weight excluding hydrogens is 468 g/mol. The summed E-state index contributed by atoms with van der Waals surface area (Å²) >= 11 is 0. The van der Waals surface area contributed by atoms with E-state index in [0.717, 1.165) is 12.0 Å². The lowest BCUT2D eigenvalue weighted by Crippen LogP contribution is -2.49. The Bertz CT molecular complexity index is 1180. The molecule has 9 nitrogen and oxygen atoms in total. The Morgan fingerprint density at radius 1 is 0.943 bits per heavy atom. The standard InChI is InChI=1S/C25H30N4O5S/c1-19(30)27-14-16-29(17-15-27)35(33,34)22-11-9-21(10-12-22)25(32)26-23(20-6-3-2-4-7-20)18-28-13-5-8-24(28)31/h2-4,6-7,9-12,23H,5,8,13-18H2,1H3,(H,26,32). The Hall–Kier alpha value is -3.24. The average Bonchev–Trinajstić information content (AvgIpc) is 3.28. The third kappa shape index (κ3) is 5.71. The van der Waals surface area contributed by atoms with Gasteiger partial charge >= 0.3 is 0 Å². The van der Waals surface area contributed by atoms with Gasteiger partial charge in [-0.1, -0.05) is 30.3 Å². The number of nitrogens with zero attached hydrogens (tertiary/aromatic N) is 3. The van der Waals surface area contributed by atoms with E-state index >= 15 is 0 Å². The first kappa shape index (κ1) is 24.9. The molecule has 0 radical (unpaired) electrons. The minimum absolute atomic E-state index is 0.0692. The summed E-state index contributed by atoms with van der Waals surface area (Å²) in [6.07, 6.45) is 1.34. The molecule has 2 saturated heterocycles. The Balaban J connectivity index is 1.45. The molecule has 0 aliphatic carbocycles. The Kier molecular flexibility index (Phi) is 7.51. The summed E-state index contributed by atoms with van der Waals surface area (Å²) in [4.78, 5) is 40.2.